The van der Waals surface area contributed by atoms with Gasteiger partial charge < -0.3 is 0 Å². The monoisotopic (exact) mass is 256 g/mol. The number of rotatable bonds is 1. The summed E-state index contributed by atoms with van der Waals surface area (Å²) in [5.74, 6) is 0. The van der Waals surface area contributed by atoms with E-state index in [-0.39, 0.29) is 0 Å². The lowest BCUT2D eigenvalue weighted by Gasteiger charge is -1.93. The first-order valence-electron chi connectivity index (χ1n) is 4.35. The van der Waals surface area contributed by atoms with Gasteiger partial charge in [-0.15, -0.1) is 22.2 Å². The first-order valence-corrected chi connectivity index (χ1v) is 8.41. The molecular weight excluding hydrogens is 247 g/mol. The predicted octanol–water partition coefficient (Wildman–Crippen LogP) is 2.07. The van der Waals surface area contributed by atoms with E-state index in [0.29, 0.717) is 0 Å². The van der Waals surface area contributed by atoms with Gasteiger partial charge in [-0.3, -0.25) is 9.97 Å². The SMILES string of the molecule is Cl[SiH](Cl)c1ccccn1.c1ccncc1. The molecule has 0 aliphatic rings. The summed E-state index contributed by atoms with van der Waals surface area (Å²) in [5.41, 5.74) is 0. The standard InChI is InChI=1S/C5H5Cl2NSi.C5H5N/c6-9(7)5-3-1-2-4-8-5;1-2-4-6-5-3-1/h1-4,9H;1-5H. The van der Waals surface area contributed by atoms with Crippen molar-refractivity contribution in [1.82, 2.24) is 9.97 Å². The number of halogens is 2. The lowest BCUT2D eigenvalue weighted by molar-refractivity contribution is 1.33. The minimum absolute atomic E-state index is 0.834. The van der Waals surface area contributed by atoms with E-state index in [9.17, 15) is 0 Å². The molecule has 2 heterocycles. The Kier molecular flexibility index (Phi) is 6.00. The zero-order valence-corrected chi connectivity index (χ0v) is 10.6. The van der Waals surface area contributed by atoms with Crippen molar-refractivity contribution in [3.8, 4) is 0 Å². The average molecular weight is 257 g/mol. The Morgan fingerprint density at radius 1 is 0.867 bits per heavy atom. The molecule has 2 rings (SSSR count). The Balaban J connectivity index is 0.000000162. The molecule has 0 bridgehead atoms. The fourth-order valence-electron chi connectivity index (χ4n) is 0.818. The van der Waals surface area contributed by atoms with Gasteiger partial charge in [0.25, 0.3) is 7.42 Å². The van der Waals surface area contributed by atoms with Crippen LogP contribution < -0.4 is 5.32 Å². The van der Waals surface area contributed by atoms with E-state index in [2.05, 4.69) is 9.97 Å². The van der Waals surface area contributed by atoms with E-state index in [1.54, 1.807) is 18.6 Å². The molecule has 0 aliphatic carbocycles. The number of pyridine rings is 2. The first kappa shape index (κ1) is 12.2. The lowest BCUT2D eigenvalue weighted by Crippen LogP contribution is -2.20. The molecule has 2 aromatic heterocycles. The van der Waals surface area contributed by atoms with Crippen molar-refractivity contribution < 1.29 is 0 Å². The van der Waals surface area contributed by atoms with Crippen molar-refractivity contribution >= 4 is 34.9 Å². The minimum Gasteiger partial charge on any atom is -0.265 e. The van der Waals surface area contributed by atoms with Gasteiger partial charge in [0.05, 0.1) is 5.32 Å². The Labute approximate surface area is 99.9 Å². The summed E-state index contributed by atoms with van der Waals surface area (Å²) in [5, 5.41) is 0.834. The van der Waals surface area contributed by atoms with Crippen LogP contribution in [-0.2, 0) is 0 Å². The highest BCUT2D eigenvalue weighted by molar-refractivity contribution is 7.39. The second-order valence-electron chi connectivity index (χ2n) is 2.58. The zero-order chi connectivity index (χ0) is 10.9. The molecule has 0 N–H and O–H groups in total. The van der Waals surface area contributed by atoms with E-state index in [4.69, 9.17) is 22.2 Å². The zero-order valence-electron chi connectivity index (χ0n) is 7.92. The van der Waals surface area contributed by atoms with Gasteiger partial charge in [0.1, 0.15) is 0 Å². The van der Waals surface area contributed by atoms with Crippen LogP contribution in [0.25, 0.3) is 0 Å². The third-order valence-electron chi connectivity index (χ3n) is 1.48. The van der Waals surface area contributed by atoms with Gasteiger partial charge in [0.15, 0.2) is 0 Å². The number of aromatic nitrogens is 2. The molecule has 0 saturated heterocycles. The van der Waals surface area contributed by atoms with Gasteiger partial charge in [0.2, 0.25) is 0 Å². The second kappa shape index (κ2) is 7.40. The maximum Gasteiger partial charge on any atom is 0.284 e. The van der Waals surface area contributed by atoms with Crippen LogP contribution in [0.5, 0.6) is 0 Å². The van der Waals surface area contributed by atoms with Gasteiger partial charge in [0, 0.05) is 18.6 Å². The maximum atomic E-state index is 5.64. The molecular formula is C10H10Cl2N2Si. The Morgan fingerprint density at radius 2 is 1.53 bits per heavy atom. The van der Waals surface area contributed by atoms with Gasteiger partial charge >= 0.3 is 0 Å². The van der Waals surface area contributed by atoms with Crippen molar-refractivity contribution in [1.29, 1.82) is 0 Å². The summed E-state index contributed by atoms with van der Waals surface area (Å²) >= 11 is 11.3. The number of hydrogen-bond acceptors (Lipinski definition) is 2. The molecule has 2 nitrogen and oxygen atoms in total. The normalized spacial score (nSPS) is 9.27. The molecule has 0 spiro atoms. The molecule has 0 atom stereocenters. The van der Waals surface area contributed by atoms with Crippen LogP contribution in [0.3, 0.4) is 0 Å². The fourth-order valence-corrected chi connectivity index (χ4v) is 2.05. The van der Waals surface area contributed by atoms with Crippen LogP contribution in [0.15, 0.2) is 55.0 Å². The Bertz CT molecular complexity index is 330. The highest BCUT2D eigenvalue weighted by Gasteiger charge is 2.04. The molecule has 0 unspecified atom stereocenters. The molecule has 5 heteroatoms. The summed E-state index contributed by atoms with van der Waals surface area (Å²) < 4.78 is 0. The van der Waals surface area contributed by atoms with E-state index in [1.165, 1.54) is 0 Å². The first-order chi connectivity index (χ1) is 7.30. The van der Waals surface area contributed by atoms with Crippen molar-refractivity contribution in [2.45, 2.75) is 0 Å². The third-order valence-corrected chi connectivity index (χ3v) is 3.61. The molecule has 0 aliphatic heterocycles. The lowest BCUT2D eigenvalue weighted by atomic mass is 10.5. The molecule has 0 fully saturated rings. The third kappa shape index (κ3) is 5.52. The van der Waals surface area contributed by atoms with E-state index >= 15 is 0 Å². The summed E-state index contributed by atoms with van der Waals surface area (Å²) in [4.78, 5) is 7.76. The van der Waals surface area contributed by atoms with E-state index in [1.807, 2.05) is 36.4 Å². The van der Waals surface area contributed by atoms with Crippen LogP contribution in [0.4, 0.5) is 0 Å². The second-order valence-corrected chi connectivity index (χ2v) is 7.06. The minimum atomic E-state index is -1.70. The number of hydrogen-bond donors (Lipinski definition) is 0. The quantitative estimate of drug-likeness (QED) is 0.577. The van der Waals surface area contributed by atoms with Crippen molar-refractivity contribution in [2.24, 2.45) is 0 Å². The molecule has 78 valence electrons. The van der Waals surface area contributed by atoms with Crippen molar-refractivity contribution in [3.05, 3.63) is 55.0 Å². The summed E-state index contributed by atoms with van der Waals surface area (Å²) in [6.07, 6.45) is 5.19. The topological polar surface area (TPSA) is 25.8 Å². The van der Waals surface area contributed by atoms with Crippen LogP contribution >= 0.6 is 22.2 Å². The van der Waals surface area contributed by atoms with Crippen molar-refractivity contribution in [3.63, 3.8) is 0 Å². The van der Waals surface area contributed by atoms with Gasteiger partial charge in [-0.05, 0) is 24.3 Å². The summed E-state index contributed by atoms with van der Waals surface area (Å²) in [6, 6.07) is 11.3. The van der Waals surface area contributed by atoms with Gasteiger partial charge in [-0.1, -0.05) is 12.1 Å². The van der Waals surface area contributed by atoms with Crippen LogP contribution in [0, 0.1) is 0 Å². The van der Waals surface area contributed by atoms with Gasteiger partial charge in [-0.2, -0.15) is 0 Å². The van der Waals surface area contributed by atoms with Gasteiger partial charge in [-0.25, -0.2) is 0 Å². The Hall–Kier alpha value is -0.903. The molecule has 15 heavy (non-hydrogen) atoms. The van der Waals surface area contributed by atoms with Crippen molar-refractivity contribution in [2.75, 3.05) is 0 Å². The fraction of sp³-hybridized carbons (Fsp3) is 0. The predicted molar refractivity (Wildman–Crippen MR) is 67.0 cm³/mol. The summed E-state index contributed by atoms with van der Waals surface area (Å²) in [6.45, 7) is 0. The molecule has 0 saturated carbocycles. The smallest absolute Gasteiger partial charge is 0.265 e. The molecule has 0 amide bonds. The van der Waals surface area contributed by atoms with Crippen LogP contribution in [0.2, 0.25) is 0 Å². The average Bonchev–Trinajstić information content (AvgIpc) is 2.33. The molecule has 0 radical (unpaired) electrons. The Morgan fingerprint density at radius 3 is 1.80 bits per heavy atom. The van der Waals surface area contributed by atoms with E-state index in [0.717, 1.165) is 5.32 Å². The van der Waals surface area contributed by atoms with Crippen LogP contribution in [-0.4, -0.2) is 17.4 Å². The highest BCUT2D eigenvalue weighted by Crippen LogP contribution is 1.93. The maximum absolute atomic E-state index is 5.64. The van der Waals surface area contributed by atoms with Crippen LogP contribution in [0.1, 0.15) is 0 Å². The summed E-state index contributed by atoms with van der Waals surface area (Å²) in [7, 11) is -1.70. The highest BCUT2D eigenvalue weighted by atomic mass is 35.7. The number of nitrogens with zero attached hydrogens (tertiary/aromatic N) is 2. The molecule has 0 aromatic carbocycles. The largest absolute Gasteiger partial charge is 0.284 e. The van der Waals surface area contributed by atoms with E-state index < -0.39 is 7.42 Å². The molecule has 2 aromatic rings.